The number of rotatable bonds is 3. The van der Waals surface area contributed by atoms with E-state index >= 15 is 0 Å². The van der Waals surface area contributed by atoms with Gasteiger partial charge in [-0.3, -0.25) is 4.79 Å². The molecule has 5 rings (SSSR count). The van der Waals surface area contributed by atoms with Gasteiger partial charge in [0, 0.05) is 13.0 Å². The minimum absolute atomic E-state index is 0.318. The second kappa shape index (κ2) is 5.55. The maximum atomic E-state index is 11.9. The van der Waals surface area contributed by atoms with E-state index in [0.29, 0.717) is 23.7 Å². The molecule has 7 unspecified atom stereocenters. The van der Waals surface area contributed by atoms with Gasteiger partial charge in [-0.1, -0.05) is 19.1 Å². The molecule has 2 nitrogen and oxygen atoms in total. The van der Waals surface area contributed by atoms with Gasteiger partial charge in [-0.25, -0.2) is 0 Å². The molecule has 0 aliphatic heterocycles. The first-order valence-corrected chi connectivity index (χ1v) is 10.6. The van der Waals surface area contributed by atoms with Gasteiger partial charge in [0.05, 0.1) is 0 Å². The molecule has 5 aliphatic rings. The summed E-state index contributed by atoms with van der Waals surface area (Å²) in [5, 5.41) is 9.33. The number of aliphatic hydroxyl groups excluding tert-OH is 1. The standard InChI is InChI=1S/C23H32O2/c1-13-10-19-16(15-6-5-14(25)11-17(13)15)7-8-23(2)21(4-3-9-24)18-12-20(18)22(19)23/h11,15-16,18-22,24H,1,3-10,12H2,2H3/t15?,16?,18?,19?,20?,21-,22?,23?/m1/s1. The van der Waals surface area contributed by atoms with Gasteiger partial charge in [0.15, 0.2) is 5.78 Å². The third-order valence-corrected chi connectivity index (χ3v) is 9.00. The lowest BCUT2D eigenvalue weighted by atomic mass is 9.49. The summed E-state index contributed by atoms with van der Waals surface area (Å²) in [5.41, 5.74) is 3.10. The Labute approximate surface area is 151 Å². The van der Waals surface area contributed by atoms with Crippen molar-refractivity contribution in [2.75, 3.05) is 6.61 Å². The van der Waals surface area contributed by atoms with Crippen molar-refractivity contribution < 1.29 is 9.90 Å². The van der Waals surface area contributed by atoms with Crippen LogP contribution < -0.4 is 0 Å². The first-order valence-electron chi connectivity index (χ1n) is 10.6. The average molecular weight is 341 g/mol. The highest BCUT2D eigenvalue weighted by Gasteiger charge is 2.68. The van der Waals surface area contributed by atoms with Gasteiger partial charge in [-0.05, 0) is 103 Å². The van der Waals surface area contributed by atoms with E-state index in [1.54, 1.807) is 0 Å². The quantitative estimate of drug-likeness (QED) is 0.819. The fourth-order valence-electron chi connectivity index (χ4n) is 8.10. The number of hydrogen-bond donors (Lipinski definition) is 1. The number of carbonyl (C=O) groups excluding carboxylic acids is 1. The Morgan fingerprint density at radius 3 is 2.88 bits per heavy atom. The van der Waals surface area contributed by atoms with Gasteiger partial charge >= 0.3 is 0 Å². The summed E-state index contributed by atoms with van der Waals surface area (Å²) in [6.07, 6.45) is 11.3. The zero-order valence-electron chi connectivity index (χ0n) is 15.5. The van der Waals surface area contributed by atoms with E-state index in [9.17, 15) is 9.90 Å². The molecule has 1 N–H and O–H groups in total. The number of allylic oxidation sites excluding steroid dienone is 2. The van der Waals surface area contributed by atoms with E-state index in [1.165, 1.54) is 36.8 Å². The van der Waals surface area contributed by atoms with E-state index in [0.717, 1.165) is 61.2 Å². The van der Waals surface area contributed by atoms with Crippen LogP contribution in [0.5, 0.6) is 0 Å². The van der Waals surface area contributed by atoms with Crippen molar-refractivity contribution in [3.8, 4) is 0 Å². The number of ketones is 1. The van der Waals surface area contributed by atoms with Crippen LogP contribution in [-0.2, 0) is 4.79 Å². The van der Waals surface area contributed by atoms with Gasteiger partial charge in [-0.2, -0.15) is 0 Å². The summed E-state index contributed by atoms with van der Waals surface area (Å²) in [7, 11) is 0. The Morgan fingerprint density at radius 1 is 1.24 bits per heavy atom. The summed E-state index contributed by atoms with van der Waals surface area (Å²) < 4.78 is 0. The lowest BCUT2D eigenvalue weighted by Crippen LogP contribution is -2.48. The molecule has 25 heavy (non-hydrogen) atoms. The predicted molar refractivity (Wildman–Crippen MR) is 98.8 cm³/mol. The van der Waals surface area contributed by atoms with Crippen molar-refractivity contribution in [1.82, 2.24) is 0 Å². The normalized spacial score (nSPS) is 50.5. The monoisotopic (exact) mass is 340 g/mol. The van der Waals surface area contributed by atoms with Crippen LogP contribution in [0.3, 0.4) is 0 Å². The SMILES string of the molecule is C=C1CC2C(CCC3(C)C2C2CC2[C@H]3CCCO)C2CCC(=O)C=C12. The third kappa shape index (κ3) is 2.22. The number of fused-ring (bicyclic) bond motifs is 7. The Hall–Kier alpha value is -0.890. The highest BCUT2D eigenvalue weighted by Crippen LogP contribution is 2.75. The summed E-state index contributed by atoms with van der Waals surface area (Å²) >= 11 is 0. The molecule has 136 valence electrons. The van der Waals surface area contributed by atoms with Crippen LogP contribution in [0, 0.1) is 46.8 Å². The van der Waals surface area contributed by atoms with Crippen LogP contribution in [0.25, 0.3) is 0 Å². The smallest absolute Gasteiger partial charge is 0.156 e. The zero-order valence-corrected chi connectivity index (χ0v) is 15.5. The maximum absolute atomic E-state index is 11.9. The lowest BCUT2D eigenvalue weighted by Gasteiger charge is -2.55. The van der Waals surface area contributed by atoms with Crippen molar-refractivity contribution in [2.45, 2.75) is 58.3 Å². The summed E-state index contributed by atoms with van der Waals surface area (Å²) in [6.45, 7) is 7.35. The van der Waals surface area contributed by atoms with Crippen LogP contribution in [0.15, 0.2) is 23.8 Å². The Bertz CT molecular complexity index is 646. The lowest BCUT2D eigenvalue weighted by molar-refractivity contribution is -0.116. The minimum Gasteiger partial charge on any atom is -0.396 e. The predicted octanol–water partition coefficient (Wildman–Crippen LogP) is 4.54. The van der Waals surface area contributed by atoms with Crippen LogP contribution in [-0.4, -0.2) is 17.5 Å². The molecule has 0 saturated heterocycles. The molecule has 8 atom stereocenters. The molecule has 2 heteroatoms. The summed E-state index contributed by atoms with van der Waals surface area (Å²) in [4.78, 5) is 11.9. The van der Waals surface area contributed by atoms with E-state index in [4.69, 9.17) is 0 Å². The highest BCUT2D eigenvalue weighted by molar-refractivity contribution is 5.92. The molecule has 0 aromatic heterocycles. The van der Waals surface area contributed by atoms with Crippen LogP contribution >= 0.6 is 0 Å². The second-order valence-corrected chi connectivity index (χ2v) is 9.95. The van der Waals surface area contributed by atoms with E-state index in [-0.39, 0.29) is 0 Å². The fraction of sp³-hybridized carbons (Fsp3) is 0.783. The van der Waals surface area contributed by atoms with Gasteiger partial charge in [-0.15, -0.1) is 0 Å². The average Bonchev–Trinajstić information content (AvgIpc) is 3.30. The molecule has 4 saturated carbocycles. The molecule has 0 spiro atoms. The van der Waals surface area contributed by atoms with Crippen LogP contribution in [0.4, 0.5) is 0 Å². The molecule has 0 aromatic rings. The first-order chi connectivity index (χ1) is 12.0. The van der Waals surface area contributed by atoms with E-state index < -0.39 is 0 Å². The van der Waals surface area contributed by atoms with Crippen LogP contribution in [0.1, 0.15) is 58.3 Å². The topological polar surface area (TPSA) is 37.3 Å². The molecule has 0 radical (unpaired) electrons. The summed E-state index contributed by atoms with van der Waals surface area (Å²) in [5.74, 6) is 6.13. The zero-order chi connectivity index (χ0) is 17.3. The Balaban J connectivity index is 1.46. The molecular weight excluding hydrogens is 308 g/mol. The Kier molecular flexibility index (Phi) is 3.62. The largest absolute Gasteiger partial charge is 0.396 e. The van der Waals surface area contributed by atoms with Crippen molar-refractivity contribution in [1.29, 1.82) is 0 Å². The molecular formula is C23H32O2. The second-order valence-electron chi connectivity index (χ2n) is 9.95. The first kappa shape index (κ1) is 16.3. The minimum atomic E-state index is 0.318. The number of aliphatic hydroxyl groups is 1. The van der Waals surface area contributed by atoms with Gasteiger partial charge < -0.3 is 5.11 Å². The summed E-state index contributed by atoms with van der Waals surface area (Å²) in [6, 6.07) is 0. The van der Waals surface area contributed by atoms with Crippen molar-refractivity contribution in [3.05, 3.63) is 23.8 Å². The number of hydrogen-bond acceptors (Lipinski definition) is 2. The van der Waals surface area contributed by atoms with Crippen molar-refractivity contribution in [3.63, 3.8) is 0 Å². The molecule has 4 fully saturated rings. The van der Waals surface area contributed by atoms with Gasteiger partial charge in [0.2, 0.25) is 0 Å². The van der Waals surface area contributed by atoms with Gasteiger partial charge in [0.1, 0.15) is 0 Å². The molecule has 0 amide bonds. The molecule has 0 bridgehead atoms. The molecule has 0 heterocycles. The van der Waals surface area contributed by atoms with Crippen LogP contribution in [0.2, 0.25) is 0 Å². The molecule has 0 aromatic carbocycles. The van der Waals surface area contributed by atoms with Crippen molar-refractivity contribution in [2.24, 2.45) is 46.8 Å². The maximum Gasteiger partial charge on any atom is 0.156 e. The number of carbonyl (C=O) groups is 1. The fourth-order valence-corrected chi connectivity index (χ4v) is 8.10. The van der Waals surface area contributed by atoms with E-state index in [1.807, 2.05) is 6.08 Å². The molecule has 5 aliphatic carbocycles. The Morgan fingerprint density at radius 2 is 2.08 bits per heavy atom. The van der Waals surface area contributed by atoms with E-state index in [2.05, 4.69) is 13.5 Å². The van der Waals surface area contributed by atoms with Crippen molar-refractivity contribution >= 4 is 5.78 Å². The third-order valence-electron chi connectivity index (χ3n) is 9.00. The highest BCUT2D eigenvalue weighted by atomic mass is 16.2. The van der Waals surface area contributed by atoms with Gasteiger partial charge in [0.25, 0.3) is 0 Å².